The molecule has 3 N–H and O–H groups in total. The van der Waals surface area contributed by atoms with Gasteiger partial charge in [-0.3, -0.25) is 25.3 Å². The largest absolute Gasteiger partial charge is 0.369 e. The van der Waals surface area contributed by atoms with Crippen LogP contribution in [0.25, 0.3) is 0 Å². The van der Waals surface area contributed by atoms with Crippen LogP contribution in [0.5, 0.6) is 0 Å². The van der Waals surface area contributed by atoms with Crippen LogP contribution in [0.2, 0.25) is 0 Å². The van der Waals surface area contributed by atoms with Crippen LogP contribution in [-0.4, -0.2) is 47.8 Å². The normalized spacial score (nSPS) is 15.9. The number of anilines is 1. The zero-order valence-corrected chi connectivity index (χ0v) is 16.7. The molecule has 0 spiro atoms. The highest BCUT2D eigenvalue weighted by Crippen LogP contribution is 2.31. The topological polar surface area (TPSA) is 161 Å². The number of carbonyl (C=O) groups excluding carboxylic acids is 1. The lowest BCUT2D eigenvalue weighted by Gasteiger charge is -2.30. The second-order valence-corrected chi connectivity index (χ2v) is 8.58. The van der Waals surface area contributed by atoms with Crippen LogP contribution < -0.4 is 11.2 Å². The van der Waals surface area contributed by atoms with Gasteiger partial charge >= 0.3 is 0 Å². The molecular formula is C18H20N6O5S. The first-order chi connectivity index (χ1) is 14.3. The molecule has 0 bridgehead atoms. The number of primary amides is 1. The molecule has 0 unspecified atom stereocenters. The Hall–Kier alpha value is -3.38. The van der Waals surface area contributed by atoms with Crippen LogP contribution in [0.3, 0.4) is 0 Å². The second-order valence-electron chi connectivity index (χ2n) is 6.67. The first-order valence-corrected chi connectivity index (χ1v) is 10.5. The van der Waals surface area contributed by atoms with E-state index in [0.717, 1.165) is 11.6 Å². The van der Waals surface area contributed by atoms with Crippen LogP contribution in [-0.2, 0) is 14.8 Å². The maximum atomic E-state index is 13.2. The second kappa shape index (κ2) is 8.97. The van der Waals surface area contributed by atoms with E-state index in [0.29, 0.717) is 12.8 Å². The van der Waals surface area contributed by atoms with Crippen molar-refractivity contribution in [3.63, 3.8) is 0 Å². The number of rotatable bonds is 7. The molecule has 158 valence electrons. The summed E-state index contributed by atoms with van der Waals surface area (Å²) < 4.78 is 27.6. The summed E-state index contributed by atoms with van der Waals surface area (Å²) in [4.78, 5) is 25.5. The summed E-state index contributed by atoms with van der Waals surface area (Å²) in [6.07, 6.45) is 5.23. The van der Waals surface area contributed by atoms with E-state index < -0.39 is 20.9 Å². The third-order valence-corrected chi connectivity index (χ3v) is 6.69. The van der Waals surface area contributed by atoms with Crippen molar-refractivity contribution in [2.24, 2.45) is 16.8 Å². The lowest BCUT2D eigenvalue weighted by atomic mass is 9.98. The fraction of sp³-hybridized carbons (Fsp3) is 0.278. The molecule has 11 nitrogen and oxygen atoms in total. The Morgan fingerprint density at radius 2 is 1.93 bits per heavy atom. The summed E-state index contributed by atoms with van der Waals surface area (Å²) in [6.45, 7) is 0.191. The van der Waals surface area contributed by atoms with Crippen molar-refractivity contribution in [1.82, 2.24) is 9.29 Å². The number of amides is 1. The molecule has 12 heteroatoms. The van der Waals surface area contributed by atoms with Crippen LogP contribution in [0.4, 0.5) is 11.4 Å². The van der Waals surface area contributed by atoms with E-state index in [9.17, 15) is 23.3 Å². The van der Waals surface area contributed by atoms with Gasteiger partial charge < -0.3 is 5.73 Å². The van der Waals surface area contributed by atoms with Gasteiger partial charge in [-0.05, 0) is 36.6 Å². The predicted octanol–water partition coefficient (Wildman–Crippen LogP) is 1.32. The van der Waals surface area contributed by atoms with E-state index in [2.05, 4.69) is 15.5 Å². The molecule has 1 aromatic carbocycles. The maximum Gasteiger partial charge on any atom is 0.270 e. The van der Waals surface area contributed by atoms with Gasteiger partial charge in [0.1, 0.15) is 4.90 Å². The molecule has 3 rings (SSSR count). The van der Waals surface area contributed by atoms with Gasteiger partial charge in [0.15, 0.2) is 0 Å². The van der Waals surface area contributed by atoms with Crippen molar-refractivity contribution in [2.75, 3.05) is 18.5 Å². The Bertz CT molecular complexity index is 1070. The molecular weight excluding hydrogens is 412 g/mol. The van der Waals surface area contributed by atoms with Crippen molar-refractivity contribution in [3.05, 3.63) is 58.4 Å². The quantitative estimate of drug-likeness (QED) is 0.379. The minimum Gasteiger partial charge on any atom is -0.369 e. The molecule has 2 aromatic rings. The fourth-order valence-electron chi connectivity index (χ4n) is 3.08. The number of nitrogens with zero attached hydrogens (tertiary/aromatic N) is 4. The van der Waals surface area contributed by atoms with Crippen LogP contribution in [0.1, 0.15) is 18.4 Å². The van der Waals surface area contributed by atoms with E-state index in [-0.39, 0.29) is 35.3 Å². The molecule has 30 heavy (non-hydrogen) atoms. The molecule has 1 aliphatic rings. The Kier molecular flexibility index (Phi) is 6.37. The number of hydrogen-bond acceptors (Lipinski definition) is 8. The maximum absolute atomic E-state index is 13.2. The van der Waals surface area contributed by atoms with E-state index in [1.54, 1.807) is 24.5 Å². The number of nitrogens with one attached hydrogen (secondary N) is 1. The van der Waals surface area contributed by atoms with Gasteiger partial charge in [0.2, 0.25) is 15.9 Å². The number of piperidine rings is 1. The number of nitrogens with two attached hydrogens (primary N) is 1. The highest BCUT2D eigenvalue weighted by Gasteiger charge is 2.33. The molecule has 1 saturated heterocycles. The molecule has 1 aliphatic heterocycles. The Balaban J connectivity index is 1.89. The first kappa shape index (κ1) is 21.3. The van der Waals surface area contributed by atoms with E-state index in [4.69, 9.17) is 5.73 Å². The molecule has 1 amide bonds. The Morgan fingerprint density at radius 3 is 2.53 bits per heavy atom. The zero-order valence-electron chi connectivity index (χ0n) is 15.8. The van der Waals surface area contributed by atoms with Gasteiger partial charge in [0.05, 0.1) is 16.8 Å². The Labute approximate surface area is 172 Å². The summed E-state index contributed by atoms with van der Waals surface area (Å²) in [5, 5.41) is 15.2. The van der Waals surface area contributed by atoms with Gasteiger partial charge in [-0.1, -0.05) is 0 Å². The highest BCUT2D eigenvalue weighted by molar-refractivity contribution is 7.89. The van der Waals surface area contributed by atoms with E-state index in [1.807, 2.05) is 0 Å². The van der Waals surface area contributed by atoms with Gasteiger partial charge in [0, 0.05) is 43.5 Å². The number of nitro groups is 1. The summed E-state index contributed by atoms with van der Waals surface area (Å²) in [6, 6.07) is 6.91. The zero-order chi connectivity index (χ0) is 21.7. The van der Waals surface area contributed by atoms with Crippen LogP contribution >= 0.6 is 0 Å². The highest BCUT2D eigenvalue weighted by atomic mass is 32.2. The SMILES string of the molecule is NC(=O)C1CCN(S(=O)(=O)c2cc([N+](=O)[O-])ccc2N/N=C\c2ccncc2)CC1. The number of hydrazone groups is 1. The van der Waals surface area contributed by atoms with Crippen molar-refractivity contribution in [3.8, 4) is 0 Å². The van der Waals surface area contributed by atoms with Crippen LogP contribution in [0, 0.1) is 16.0 Å². The summed E-state index contributed by atoms with van der Waals surface area (Å²) in [7, 11) is -4.06. The molecule has 0 aliphatic carbocycles. The average Bonchev–Trinajstić information content (AvgIpc) is 2.74. The lowest BCUT2D eigenvalue weighted by molar-refractivity contribution is -0.385. The molecule has 2 heterocycles. The van der Waals surface area contributed by atoms with Crippen LogP contribution in [0.15, 0.2) is 52.7 Å². The third kappa shape index (κ3) is 4.78. The van der Waals surface area contributed by atoms with E-state index >= 15 is 0 Å². The monoisotopic (exact) mass is 432 g/mol. The van der Waals surface area contributed by atoms with Crippen molar-refractivity contribution in [2.45, 2.75) is 17.7 Å². The fourth-order valence-corrected chi connectivity index (χ4v) is 4.71. The predicted molar refractivity (Wildman–Crippen MR) is 109 cm³/mol. The molecule has 1 aromatic heterocycles. The summed E-state index contributed by atoms with van der Waals surface area (Å²) in [5.74, 6) is -0.848. The number of aromatic nitrogens is 1. The number of hydrogen-bond donors (Lipinski definition) is 2. The van der Waals surface area contributed by atoms with Gasteiger partial charge in [0.25, 0.3) is 5.69 Å². The molecule has 0 saturated carbocycles. The minimum atomic E-state index is -4.06. The number of sulfonamides is 1. The lowest BCUT2D eigenvalue weighted by Crippen LogP contribution is -2.41. The van der Waals surface area contributed by atoms with E-state index in [1.165, 1.54) is 22.7 Å². The van der Waals surface area contributed by atoms with Crippen molar-refractivity contribution >= 4 is 33.5 Å². The standard InChI is InChI=1S/C18H20N6O5S/c19-18(25)14-5-9-23(10-6-14)30(28,29)17-11-15(24(26)27)1-2-16(17)22-21-12-13-3-7-20-8-4-13/h1-4,7-8,11-12,14,22H,5-6,9-10H2,(H2,19,25)/b21-12-. The number of carbonyl (C=O) groups is 1. The molecule has 0 atom stereocenters. The number of benzene rings is 1. The van der Waals surface area contributed by atoms with Crippen molar-refractivity contribution in [1.29, 1.82) is 0 Å². The number of pyridine rings is 1. The number of nitro benzene ring substituents is 1. The Morgan fingerprint density at radius 1 is 1.27 bits per heavy atom. The van der Waals surface area contributed by atoms with Gasteiger partial charge in [-0.25, -0.2) is 8.42 Å². The number of non-ortho nitro benzene ring substituents is 1. The summed E-state index contributed by atoms with van der Waals surface area (Å²) >= 11 is 0. The summed E-state index contributed by atoms with van der Waals surface area (Å²) in [5.41, 5.74) is 8.42. The third-order valence-electron chi connectivity index (χ3n) is 4.75. The van der Waals surface area contributed by atoms with Gasteiger partial charge in [-0.15, -0.1) is 0 Å². The first-order valence-electron chi connectivity index (χ1n) is 9.06. The minimum absolute atomic E-state index is 0.0956. The van der Waals surface area contributed by atoms with Crippen molar-refractivity contribution < 1.29 is 18.1 Å². The smallest absolute Gasteiger partial charge is 0.270 e. The molecule has 0 radical (unpaired) electrons. The molecule has 1 fully saturated rings. The average molecular weight is 432 g/mol. The van der Waals surface area contributed by atoms with Gasteiger partial charge in [-0.2, -0.15) is 9.41 Å².